The fourth-order valence-corrected chi connectivity index (χ4v) is 2.81. The van der Waals surface area contributed by atoms with Gasteiger partial charge in [-0.15, -0.1) is 0 Å². The number of aromatic amines is 1. The summed E-state index contributed by atoms with van der Waals surface area (Å²) in [6.07, 6.45) is 1.64. The number of fused-ring (bicyclic) bond motifs is 1. The smallest absolute Gasteiger partial charge is 0.222 e. The first-order chi connectivity index (χ1) is 12.7. The van der Waals surface area contributed by atoms with Crippen LogP contribution in [0.5, 0.6) is 0 Å². The van der Waals surface area contributed by atoms with Gasteiger partial charge in [-0.1, -0.05) is 36.4 Å². The molecular formula is C18H18N8. The molecule has 0 aliphatic heterocycles. The number of aromatic nitrogens is 5. The molecule has 0 bridgehead atoms. The molecule has 3 heterocycles. The Labute approximate surface area is 149 Å². The number of pyridine rings is 1. The molecule has 8 heteroatoms. The van der Waals surface area contributed by atoms with Crippen molar-refractivity contribution in [3.63, 3.8) is 0 Å². The minimum Gasteiger partial charge on any atom is -0.368 e. The van der Waals surface area contributed by atoms with Crippen molar-refractivity contribution in [1.29, 1.82) is 0 Å². The van der Waals surface area contributed by atoms with E-state index in [-0.39, 0.29) is 12.0 Å². The van der Waals surface area contributed by atoms with Gasteiger partial charge in [0.2, 0.25) is 5.95 Å². The molecule has 0 aliphatic rings. The van der Waals surface area contributed by atoms with Gasteiger partial charge in [-0.05, 0) is 17.7 Å². The van der Waals surface area contributed by atoms with E-state index >= 15 is 0 Å². The first-order valence-electron chi connectivity index (χ1n) is 8.20. The van der Waals surface area contributed by atoms with E-state index in [0.717, 1.165) is 28.2 Å². The average molecular weight is 346 g/mol. The maximum Gasteiger partial charge on any atom is 0.222 e. The van der Waals surface area contributed by atoms with Gasteiger partial charge < -0.3 is 16.8 Å². The number of benzene rings is 1. The number of H-pyrrole nitrogens is 1. The van der Waals surface area contributed by atoms with E-state index in [1.54, 1.807) is 6.20 Å². The number of anilines is 2. The summed E-state index contributed by atoms with van der Waals surface area (Å²) in [5, 5.41) is 11.3. The van der Waals surface area contributed by atoms with Crippen LogP contribution in [0.2, 0.25) is 0 Å². The minimum absolute atomic E-state index is 0.0272. The molecule has 4 aromatic rings. The molecule has 6 N–H and O–H groups in total. The molecule has 1 atom stereocenters. The Morgan fingerprint density at radius 1 is 1.04 bits per heavy atom. The summed E-state index contributed by atoms with van der Waals surface area (Å²) >= 11 is 0. The molecular weight excluding hydrogens is 328 g/mol. The van der Waals surface area contributed by atoms with Crippen LogP contribution in [0.25, 0.3) is 22.4 Å². The minimum atomic E-state index is -0.0272. The summed E-state index contributed by atoms with van der Waals surface area (Å²) < 4.78 is 0. The van der Waals surface area contributed by atoms with E-state index < -0.39 is 0 Å². The Bertz CT molecular complexity index is 1030. The van der Waals surface area contributed by atoms with Crippen molar-refractivity contribution in [3.05, 3.63) is 60.3 Å². The molecule has 0 saturated carbocycles. The van der Waals surface area contributed by atoms with Gasteiger partial charge in [0.25, 0.3) is 0 Å². The van der Waals surface area contributed by atoms with Crippen molar-refractivity contribution in [1.82, 2.24) is 25.1 Å². The molecule has 0 spiro atoms. The lowest BCUT2D eigenvalue weighted by Gasteiger charge is -2.18. The Morgan fingerprint density at radius 2 is 1.88 bits per heavy atom. The van der Waals surface area contributed by atoms with Crippen molar-refractivity contribution in [2.45, 2.75) is 6.04 Å². The predicted octanol–water partition coefficient (Wildman–Crippen LogP) is 2.11. The van der Waals surface area contributed by atoms with Crippen molar-refractivity contribution in [2.24, 2.45) is 5.73 Å². The molecule has 0 radical (unpaired) electrons. The number of nitrogens with two attached hydrogens (primary N) is 2. The Balaban J connectivity index is 1.66. The number of nitrogens with zero attached hydrogens (tertiary/aromatic N) is 4. The average Bonchev–Trinajstić information content (AvgIpc) is 3.10. The van der Waals surface area contributed by atoms with E-state index in [1.807, 2.05) is 48.5 Å². The highest BCUT2D eigenvalue weighted by atomic mass is 15.2. The Morgan fingerprint density at radius 3 is 2.69 bits per heavy atom. The van der Waals surface area contributed by atoms with Gasteiger partial charge in [0.15, 0.2) is 5.65 Å². The first kappa shape index (κ1) is 16.0. The SMILES string of the molecule is NCC(Nc1cccc(-c2[nH]nc3nc(N)ncc23)n1)c1ccccc1. The van der Waals surface area contributed by atoms with Gasteiger partial charge in [0, 0.05) is 12.7 Å². The quantitative estimate of drug-likeness (QED) is 0.435. The highest BCUT2D eigenvalue weighted by molar-refractivity contribution is 5.89. The third-order valence-electron chi connectivity index (χ3n) is 4.10. The molecule has 4 rings (SSSR count). The van der Waals surface area contributed by atoms with Gasteiger partial charge in [-0.2, -0.15) is 10.1 Å². The van der Waals surface area contributed by atoms with Crippen LogP contribution in [-0.4, -0.2) is 31.7 Å². The van der Waals surface area contributed by atoms with E-state index in [2.05, 4.69) is 30.5 Å². The molecule has 26 heavy (non-hydrogen) atoms. The number of nitrogens with one attached hydrogen (secondary N) is 2. The van der Waals surface area contributed by atoms with Crippen molar-refractivity contribution in [3.8, 4) is 11.4 Å². The van der Waals surface area contributed by atoms with Gasteiger partial charge in [-0.3, -0.25) is 5.10 Å². The Hall–Kier alpha value is -3.52. The van der Waals surface area contributed by atoms with Crippen LogP contribution in [0.4, 0.5) is 11.8 Å². The molecule has 0 aliphatic carbocycles. The summed E-state index contributed by atoms with van der Waals surface area (Å²) in [4.78, 5) is 12.8. The van der Waals surface area contributed by atoms with Crippen molar-refractivity contribution in [2.75, 3.05) is 17.6 Å². The van der Waals surface area contributed by atoms with E-state index in [9.17, 15) is 0 Å². The largest absolute Gasteiger partial charge is 0.368 e. The first-order valence-corrected chi connectivity index (χ1v) is 8.20. The molecule has 0 amide bonds. The zero-order chi connectivity index (χ0) is 17.9. The molecule has 130 valence electrons. The van der Waals surface area contributed by atoms with Crippen LogP contribution in [0, 0.1) is 0 Å². The lowest BCUT2D eigenvalue weighted by molar-refractivity contribution is 0.784. The summed E-state index contributed by atoms with van der Waals surface area (Å²) in [6, 6.07) is 15.7. The van der Waals surface area contributed by atoms with Crippen LogP contribution < -0.4 is 16.8 Å². The molecule has 3 aromatic heterocycles. The van der Waals surface area contributed by atoms with Crippen LogP contribution >= 0.6 is 0 Å². The topological polar surface area (TPSA) is 131 Å². The standard InChI is InChI=1S/C18H18N8/c19-9-14(11-5-2-1-3-6-11)23-15-8-4-7-13(22-15)16-12-10-21-18(20)24-17(12)26-25-16/h1-8,10,14H,9,19H2,(H,22,23)(H3,20,21,24,25,26). The second-order valence-electron chi connectivity index (χ2n) is 5.82. The van der Waals surface area contributed by atoms with Crippen LogP contribution in [0.1, 0.15) is 11.6 Å². The van der Waals surface area contributed by atoms with Crippen molar-refractivity contribution >= 4 is 22.8 Å². The molecule has 1 unspecified atom stereocenters. The van der Waals surface area contributed by atoms with Gasteiger partial charge >= 0.3 is 0 Å². The number of rotatable bonds is 5. The molecule has 0 fully saturated rings. The van der Waals surface area contributed by atoms with Crippen LogP contribution in [0.15, 0.2) is 54.7 Å². The van der Waals surface area contributed by atoms with E-state index in [4.69, 9.17) is 11.5 Å². The van der Waals surface area contributed by atoms with E-state index in [1.165, 1.54) is 0 Å². The lowest BCUT2D eigenvalue weighted by atomic mass is 10.1. The zero-order valence-electron chi connectivity index (χ0n) is 13.9. The second kappa shape index (κ2) is 6.77. The number of hydrogen-bond donors (Lipinski definition) is 4. The van der Waals surface area contributed by atoms with Gasteiger partial charge in [-0.25, -0.2) is 9.97 Å². The maximum absolute atomic E-state index is 5.94. The second-order valence-corrected chi connectivity index (χ2v) is 5.82. The molecule has 8 nitrogen and oxygen atoms in total. The summed E-state index contributed by atoms with van der Waals surface area (Å²) in [5.74, 6) is 0.911. The third-order valence-corrected chi connectivity index (χ3v) is 4.10. The van der Waals surface area contributed by atoms with Gasteiger partial charge in [0.05, 0.1) is 22.8 Å². The Kier molecular flexibility index (Phi) is 4.16. The fraction of sp³-hybridized carbons (Fsp3) is 0.111. The molecule has 0 saturated heterocycles. The van der Waals surface area contributed by atoms with Crippen LogP contribution in [-0.2, 0) is 0 Å². The van der Waals surface area contributed by atoms with Crippen molar-refractivity contribution < 1.29 is 0 Å². The monoisotopic (exact) mass is 346 g/mol. The predicted molar refractivity (Wildman–Crippen MR) is 101 cm³/mol. The van der Waals surface area contributed by atoms with Crippen LogP contribution in [0.3, 0.4) is 0 Å². The number of hydrogen-bond acceptors (Lipinski definition) is 7. The highest BCUT2D eigenvalue weighted by Crippen LogP contribution is 2.25. The lowest BCUT2D eigenvalue weighted by Crippen LogP contribution is -2.21. The third kappa shape index (κ3) is 3.05. The fourth-order valence-electron chi connectivity index (χ4n) is 2.81. The molecule has 1 aromatic carbocycles. The maximum atomic E-state index is 5.94. The summed E-state index contributed by atoms with van der Waals surface area (Å²) in [6.45, 7) is 0.454. The number of nitrogen functional groups attached to an aromatic ring is 1. The zero-order valence-corrected chi connectivity index (χ0v) is 13.9. The summed E-state index contributed by atoms with van der Waals surface area (Å²) in [7, 11) is 0. The van der Waals surface area contributed by atoms with Gasteiger partial charge in [0.1, 0.15) is 5.82 Å². The highest BCUT2D eigenvalue weighted by Gasteiger charge is 2.13. The summed E-state index contributed by atoms with van der Waals surface area (Å²) in [5.41, 5.74) is 14.6. The normalized spacial score (nSPS) is 12.2. The van der Waals surface area contributed by atoms with E-state index in [0.29, 0.717) is 12.2 Å².